The van der Waals surface area contributed by atoms with Crippen LogP contribution >= 0.6 is 23.2 Å². The highest BCUT2D eigenvalue weighted by molar-refractivity contribution is 6.36. The first-order valence-corrected chi connectivity index (χ1v) is 6.29. The molecule has 0 aliphatic carbocycles. The minimum absolute atomic E-state index is 0.473. The monoisotopic (exact) mass is 246 g/mol. The first-order chi connectivity index (χ1) is 7.06. The molecule has 2 heteroatoms. The van der Waals surface area contributed by atoms with E-state index in [4.69, 9.17) is 23.2 Å². The predicted octanol–water partition coefficient (Wildman–Crippen LogP) is 5.71. The second-order valence-corrected chi connectivity index (χ2v) is 4.29. The zero-order valence-corrected chi connectivity index (χ0v) is 11.7. The van der Waals surface area contributed by atoms with Gasteiger partial charge in [0.05, 0.1) is 0 Å². The molecule has 0 aromatic heterocycles. The first kappa shape index (κ1) is 14.8. The van der Waals surface area contributed by atoms with Gasteiger partial charge in [-0.15, -0.1) is 0 Å². The van der Waals surface area contributed by atoms with Crippen LogP contribution in [-0.2, 0) is 6.42 Å². The summed E-state index contributed by atoms with van der Waals surface area (Å²) < 4.78 is 0. The minimum atomic E-state index is 0.473. The lowest BCUT2D eigenvalue weighted by molar-refractivity contribution is 0.865. The third kappa shape index (κ3) is 4.04. The van der Waals surface area contributed by atoms with Crippen LogP contribution < -0.4 is 0 Å². The zero-order chi connectivity index (χ0) is 12.0. The maximum atomic E-state index is 6.09. The summed E-state index contributed by atoms with van der Waals surface area (Å²) in [6.07, 6.45) is 0.885. The molecule has 0 bridgehead atoms. The summed E-state index contributed by atoms with van der Waals surface area (Å²) >= 11 is 12.2. The molecule has 0 heterocycles. The highest BCUT2D eigenvalue weighted by Crippen LogP contribution is 2.29. The van der Waals surface area contributed by atoms with Crippen molar-refractivity contribution in [2.24, 2.45) is 0 Å². The minimum Gasteiger partial charge on any atom is -0.0840 e. The summed E-state index contributed by atoms with van der Waals surface area (Å²) in [5.41, 5.74) is 2.25. The van der Waals surface area contributed by atoms with E-state index in [2.05, 4.69) is 20.8 Å². The van der Waals surface area contributed by atoms with Crippen LogP contribution in [0.4, 0.5) is 0 Å². The van der Waals surface area contributed by atoms with Gasteiger partial charge in [-0.2, -0.15) is 0 Å². The van der Waals surface area contributed by atoms with Gasteiger partial charge in [0.15, 0.2) is 0 Å². The lowest BCUT2D eigenvalue weighted by Crippen LogP contribution is -1.91. The maximum absolute atomic E-state index is 6.09. The van der Waals surface area contributed by atoms with Crippen molar-refractivity contribution in [1.29, 1.82) is 0 Å². The second-order valence-electron chi connectivity index (χ2n) is 3.47. The first-order valence-electron chi connectivity index (χ1n) is 5.54. The van der Waals surface area contributed by atoms with E-state index in [9.17, 15) is 0 Å². The molecule has 1 aromatic carbocycles. The molecule has 0 aliphatic heterocycles. The molecule has 0 N–H and O–H groups in total. The molecule has 0 saturated carbocycles. The van der Waals surface area contributed by atoms with Crippen LogP contribution in [-0.4, -0.2) is 0 Å². The Bertz CT molecular complexity index is 280. The Morgan fingerprint density at radius 1 is 1.07 bits per heavy atom. The molecular formula is C13H20Cl2. The Kier molecular flexibility index (Phi) is 7.04. The molecule has 1 aromatic rings. The Labute approximate surface area is 104 Å². The fourth-order valence-electron chi connectivity index (χ4n) is 1.29. The third-order valence-electron chi connectivity index (χ3n) is 2.18. The van der Waals surface area contributed by atoms with Crippen LogP contribution in [0.2, 0.25) is 10.0 Å². The van der Waals surface area contributed by atoms with Crippen LogP contribution in [0.3, 0.4) is 0 Å². The van der Waals surface area contributed by atoms with E-state index < -0.39 is 0 Å². The molecule has 0 atom stereocenters. The van der Waals surface area contributed by atoms with Gasteiger partial charge in [-0.3, -0.25) is 0 Å². The smallest absolute Gasteiger partial charge is 0.0455 e. The second kappa shape index (κ2) is 7.14. The largest absolute Gasteiger partial charge is 0.0840 e. The molecule has 0 amide bonds. The van der Waals surface area contributed by atoms with Gasteiger partial charge in [0.25, 0.3) is 0 Å². The molecule has 86 valence electrons. The molecule has 0 spiro atoms. The van der Waals surface area contributed by atoms with E-state index in [1.54, 1.807) is 0 Å². The standard InChI is InChI=1S/C11H14Cl2.C2H6/c1-4-9-10(12)5-8(7(2)3)6-11(9)13;1-2/h5-7H,4H2,1-3H3;1-2H3. The van der Waals surface area contributed by atoms with E-state index in [1.165, 1.54) is 5.56 Å². The zero-order valence-electron chi connectivity index (χ0n) is 10.2. The van der Waals surface area contributed by atoms with Crippen LogP contribution in [0, 0.1) is 0 Å². The summed E-state index contributed by atoms with van der Waals surface area (Å²) in [6.45, 7) is 10.3. The van der Waals surface area contributed by atoms with E-state index in [0.29, 0.717) is 5.92 Å². The summed E-state index contributed by atoms with van der Waals surface area (Å²) in [7, 11) is 0. The lowest BCUT2D eigenvalue weighted by Gasteiger charge is -2.10. The Morgan fingerprint density at radius 3 is 1.73 bits per heavy atom. The quantitative estimate of drug-likeness (QED) is 0.628. The number of rotatable bonds is 2. The average molecular weight is 247 g/mol. The number of hydrogen-bond donors (Lipinski definition) is 0. The highest BCUT2D eigenvalue weighted by atomic mass is 35.5. The molecule has 0 saturated heterocycles. The maximum Gasteiger partial charge on any atom is 0.0455 e. The van der Waals surface area contributed by atoms with Gasteiger partial charge in [-0.05, 0) is 35.6 Å². The summed E-state index contributed by atoms with van der Waals surface area (Å²) in [6, 6.07) is 4.02. The lowest BCUT2D eigenvalue weighted by atomic mass is 10.0. The number of halogens is 2. The van der Waals surface area contributed by atoms with Crippen molar-refractivity contribution in [2.45, 2.75) is 47.0 Å². The summed E-state index contributed by atoms with van der Waals surface area (Å²) in [4.78, 5) is 0. The number of benzene rings is 1. The van der Waals surface area contributed by atoms with Gasteiger partial charge in [0.2, 0.25) is 0 Å². The SMILES string of the molecule is CC.CCc1c(Cl)cc(C(C)C)cc1Cl. The molecular weight excluding hydrogens is 227 g/mol. The molecule has 0 fully saturated rings. The molecule has 0 radical (unpaired) electrons. The van der Waals surface area contributed by atoms with Gasteiger partial charge in [0, 0.05) is 10.0 Å². The van der Waals surface area contributed by atoms with E-state index >= 15 is 0 Å². The van der Waals surface area contributed by atoms with Crippen molar-refractivity contribution >= 4 is 23.2 Å². The van der Waals surface area contributed by atoms with Gasteiger partial charge in [-0.25, -0.2) is 0 Å². The highest BCUT2D eigenvalue weighted by Gasteiger charge is 2.08. The van der Waals surface area contributed by atoms with Crippen molar-refractivity contribution in [2.75, 3.05) is 0 Å². The molecule has 0 aliphatic rings. The Balaban J connectivity index is 0.000000921. The summed E-state index contributed by atoms with van der Waals surface area (Å²) in [5, 5.41) is 1.58. The topological polar surface area (TPSA) is 0 Å². The molecule has 0 nitrogen and oxygen atoms in total. The van der Waals surface area contributed by atoms with Gasteiger partial charge in [-0.1, -0.05) is 57.8 Å². The average Bonchev–Trinajstić information content (AvgIpc) is 2.20. The van der Waals surface area contributed by atoms with Crippen LogP contribution in [0.5, 0.6) is 0 Å². The predicted molar refractivity (Wildman–Crippen MR) is 71.3 cm³/mol. The molecule has 15 heavy (non-hydrogen) atoms. The number of hydrogen-bond acceptors (Lipinski definition) is 0. The van der Waals surface area contributed by atoms with Gasteiger partial charge in [0.1, 0.15) is 0 Å². The summed E-state index contributed by atoms with van der Waals surface area (Å²) in [5.74, 6) is 0.473. The van der Waals surface area contributed by atoms with Gasteiger partial charge >= 0.3 is 0 Å². The Morgan fingerprint density at radius 2 is 1.47 bits per heavy atom. The fraction of sp³-hybridized carbons (Fsp3) is 0.538. The van der Waals surface area contributed by atoms with Crippen LogP contribution in [0.25, 0.3) is 0 Å². The van der Waals surface area contributed by atoms with E-state index in [0.717, 1.165) is 22.0 Å². The fourth-order valence-corrected chi connectivity index (χ4v) is 2.06. The van der Waals surface area contributed by atoms with Crippen molar-refractivity contribution in [3.63, 3.8) is 0 Å². The van der Waals surface area contributed by atoms with E-state index in [-0.39, 0.29) is 0 Å². The van der Waals surface area contributed by atoms with Gasteiger partial charge < -0.3 is 0 Å². The normalized spacial score (nSPS) is 9.87. The van der Waals surface area contributed by atoms with E-state index in [1.807, 2.05) is 26.0 Å². The molecule has 0 unspecified atom stereocenters. The van der Waals surface area contributed by atoms with Crippen LogP contribution in [0.1, 0.15) is 51.7 Å². The van der Waals surface area contributed by atoms with Crippen molar-refractivity contribution in [1.82, 2.24) is 0 Å². The van der Waals surface area contributed by atoms with Crippen LogP contribution in [0.15, 0.2) is 12.1 Å². The van der Waals surface area contributed by atoms with Crippen molar-refractivity contribution in [3.8, 4) is 0 Å². The molecule has 1 rings (SSSR count). The van der Waals surface area contributed by atoms with Crippen molar-refractivity contribution in [3.05, 3.63) is 33.3 Å². The van der Waals surface area contributed by atoms with Crippen molar-refractivity contribution < 1.29 is 0 Å². The Hall–Kier alpha value is -0.200. The third-order valence-corrected chi connectivity index (χ3v) is 2.86.